The predicted molar refractivity (Wildman–Crippen MR) is 116 cm³/mol. The molecule has 1 aromatic carbocycles. The van der Waals surface area contributed by atoms with Gasteiger partial charge in [0.15, 0.2) is 6.61 Å². The molecule has 0 unspecified atom stereocenters. The Morgan fingerprint density at radius 2 is 1.62 bits per heavy atom. The van der Waals surface area contributed by atoms with Crippen molar-refractivity contribution in [3.63, 3.8) is 0 Å². The van der Waals surface area contributed by atoms with Gasteiger partial charge in [-0.15, -0.1) is 27.8 Å². The molecule has 9 heteroatoms. The number of anilines is 2. The molecule has 0 saturated carbocycles. The lowest BCUT2D eigenvalue weighted by molar-refractivity contribution is 0.0824. The van der Waals surface area contributed by atoms with Crippen molar-refractivity contribution in [3.05, 3.63) is 75.1 Å². The van der Waals surface area contributed by atoms with E-state index in [1.807, 2.05) is 53.2 Å². The van der Waals surface area contributed by atoms with Crippen LogP contribution < -0.4 is 15.4 Å². The monoisotopic (exact) mass is 425 g/mol. The number of rotatable bonds is 9. The number of carbonyl (C=O) groups is 1. The first-order valence-electron chi connectivity index (χ1n) is 8.98. The van der Waals surface area contributed by atoms with E-state index in [2.05, 4.69) is 20.7 Å². The van der Waals surface area contributed by atoms with Gasteiger partial charge in [0, 0.05) is 9.75 Å². The van der Waals surface area contributed by atoms with Crippen LogP contribution in [0.4, 0.5) is 11.9 Å². The fourth-order valence-corrected chi connectivity index (χ4v) is 3.85. The average Bonchev–Trinajstić information content (AvgIpc) is 3.51. The van der Waals surface area contributed by atoms with E-state index in [0.29, 0.717) is 30.7 Å². The van der Waals surface area contributed by atoms with E-state index in [4.69, 9.17) is 4.74 Å². The summed E-state index contributed by atoms with van der Waals surface area (Å²) in [5.74, 6) is 1.10. The molecule has 2 N–H and O–H groups in total. The van der Waals surface area contributed by atoms with Crippen molar-refractivity contribution in [2.75, 3.05) is 17.2 Å². The molecule has 0 atom stereocenters. The maximum Gasteiger partial charge on any atom is 0.288 e. The van der Waals surface area contributed by atoms with Crippen LogP contribution in [0.1, 0.15) is 14.5 Å². The first-order chi connectivity index (χ1) is 14.3. The third-order valence-electron chi connectivity index (χ3n) is 3.95. The van der Waals surface area contributed by atoms with Gasteiger partial charge in [-0.05, 0) is 35.0 Å². The van der Waals surface area contributed by atoms with Crippen molar-refractivity contribution in [3.8, 4) is 5.75 Å². The van der Waals surface area contributed by atoms with Crippen LogP contribution in [0.15, 0.2) is 65.4 Å². The summed E-state index contributed by atoms with van der Waals surface area (Å²) in [5, 5.41) is 14.7. The van der Waals surface area contributed by atoms with E-state index in [0.717, 1.165) is 9.75 Å². The van der Waals surface area contributed by atoms with E-state index in [-0.39, 0.29) is 12.5 Å². The van der Waals surface area contributed by atoms with Gasteiger partial charge in [-0.1, -0.05) is 30.3 Å². The van der Waals surface area contributed by atoms with Crippen molar-refractivity contribution in [1.29, 1.82) is 0 Å². The van der Waals surface area contributed by atoms with Crippen molar-refractivity contribution < 1.29 is 9.53 Å². The summed E-state index contributed by atoms with van der Waals surface area (Å²) in [7, 11) is 0. The predicted octanol–water partition coefficient (Wildman–Crippen LogP) is 4.34. The average molecular weight is 426 g/mol. The first kappa shape index (κ1) is 19.2. The summed E-state index contributed by atoms with van der Waals surface area (Å²) in [5.41, 5.74) is 0. The number of para-hydroxylation sites is 1. The molecule has 0 aliphatic rings. The molecular weight excluding hydrogens is 406 g/mol. The molecule has 4 rings (SSSR count). The van der Waals surface area contributed by atoms with Gasteiger partial charge in [-0.3, -0.25) is 4.79 Å². The lowest BCUT2D eigenvalue weighted by Crippen LogP contribution is -2.22. The summed E-state index contributed by atoms with van der Waals surface area (Å²) >= 11 is 3.28. The van der Waals surface area contributed by atoms with Gasteiger partial charge < -0.3 is 15.4 Å². The lowest BCUT2D eigenvalue weighted by atomic mass is 10.3. The Labute approximate surface area is 176 Å². The van der Waals surface area contributed by atoms with Crippen molar-refractivity contribution >= 4 is 40.5 Å². The standard InChI is InChI=1S/C20H19N5O2S2/c26-18(14-27-15-6-2-1-3-7-15)25-20(22-13-17-9-5-11-29-17)23-19(24-25)21-12-16-8-4-10-28-16/h1-11H,12-14H2,(H2,21,22,23,24). The summed E-state index contributed by atoms with van der Waals surface area (Å²) in [6, 6.07) is 17.2. The number of benzene rings is 1. The second-order valence-electron chi connectivity index (χ2n) is 6.03. The van der Waals surface area contributed by atoms with E-state index >= 15 is 0 Å². The molecule has 3 aromatic heterocycles. The summed E-state index contributed by atoms with van der Waals surface area (Å²) in [6.45, 7) is 1.03. The maximum absolute atomic E-state index is 12.7. The van der Waals surface area contributed by atoms with Crippen LogP contribution in [0.5, 0.6) is 5.75 Å². The van der Waals surface area contributed by atoms with E-state index in [1.165, 1.54) is 4.68 Å². The second kappa shape index (κ2) is 9.35. The molecule has 7 nitrogen and oxygen atoms in total. The van der Waals surface area contributed by atoms with Gasteiger partial charge in [0.25, 0.3) is 5.91 Å². The van der Waals surface area contributed by atoms with E-state index in [1.54, 1.807) is 34.8 Å². The Balaban J connectivity index is 1.46. The largest absolute Gasteiger partial charge is 0.484 e. The zero-order valence-electron chi connectivity index (χ0n) is 15.4. The number of aromatic nitrogens is 3. The molecule has 29 heavy (non-hydrogen) atoms. The third kappa shape index (κ3) is 5.21. The summed E-state index contributed by atoms with van der Waals surface area (Å²) in [4.78, 5) is 19.5. The molecule has 0 bridgehead atoms. The zero-order chi connectivity index (χ0) is 19.9. The number of hydrogen-bond acceptors (Lipinski definition) is 8. The number of carbonyl (C=O) groups excluding carboxylic acids is 1. The zero-order valence-corrected chi connectivity index (χ0v) is 17.1. The highest BCUT2D eigenvalue weighted by Crippen LogP contribution is 2.16. The highest BCUT2D eigenvalue weighted by Gasteiger charge is 2.17. The highest BCUT2D eigenvalue weighted by atomic mass is 32.1. The van der Waals surface area contributed by atoms with Crippen LogP contribution in [0.25, 0.3) is 0 Å². The Hall–Kier alpha value is -3.17. The third-order valence-corrected chi connectivity index (χ3v) is 5.70. The minimum absolute atomic E-state index is 0.134. The molecule has 0 aliphatic carbocycles. The van der Waals surface area contributed by atoms with Gasteiger partial charge in [0.05, 0.1) is 13.1 Å². The van der Waals surface area contributed by atoms with Gasteiger partial charge >= 0.3 is 0 Å². The van der Waals surface area contributed by atoms with E-state index in [9.17, 15) is 4.79 Å². The summed E-state index contributed by atoms with van der Waals surface area (Å²) < 4.78 is 6.83. The minimum Gasteiger partial charge on any atom is -0.484 e. The molecule has 4 aromatic rings. The van der Waals surface area contributed by atoms with Crippen LogP contribution in [-0.2, 0) is 13.1 Å². The van der Waals surface area contributed by atoms with Crippen LogP contribution in [0, 0.1) is 0 Å². The normalized spacial score (nSPS) is 10.6. The number of thiophene rings is 2. The molecule has 0 aliphatic heterocycles. The fourth-order valence-electron chi connectivity index (χ4n) is 2.56. The Bertz CT molecular complexity index is 1030. The fraction of sp³-hybridized carbons (Fsp3) is 0.150. The topological polar surface area (TPSA) is 81.1 Å². The first-order valence-corrected chi connectivity index (χ1v) is 10.7. The Morgan fingerprint density at radius 1 is 0.931 bits per heavy atom. The highest BCUT2D eigenvalue weighted by molar-refractivity contribution is 7.10. The molecule has 0 spiro atoms. The molecule has 0 fully saturated rings. The maximum atomic E-state index is 12.7. The van der Waals surface area contributed by atoms with Crippen molar-refractivity contribution in [1.82, 2.24) is 14.8 Å². The van der Waals surface area contributed by atoms with Crippen molar-refractivity contribution in [2.24, 2.45) is 0 Å². The number of nitrogens with zero attached hydrogens (tertiary/aromatic N) is 3. The summed E-state index contributed by atoms with van der Waals surface area (Å²) in [6.07, 6.45) is 0. The lowest BCUT2D eigenvalue weighted by Gasteiger charge is -2.07. The Morgan fingerprint density at radius 3 is 2.28 bits per heavy atom. The van der Waals surface area contributed by atoms with Gasteiger partial charge in [-0.25, -0.2) is 0 Å². The SMILES string of the molecule is O=C(COc1ccccc1)n1nc(NCc2cccs2)nc1NCc1cccs1. The molecule has 0 amide bonds. The number of hydrogen-bond donors (Lipinski definition) is 2. The Kier molecular flexibility index (Phi) is 6.18. The van der Waals surface area contributed by atoms with Gasteiger partial charge in [0.2, 0.25) is 11.9 Å². The van der Waals surface area contributed by atoms with Crippen LogP contribution in [0.3, 0.4) is 0 Å². The van der Waals surface area contributed by atoms with Crippen molar-refractivity contribution in [2.45, 2.75) is 13.1 Å². The molecule has 0 radical (unpaired) electrons. The van der Waals surface area contributed by atoms with Gasteiger partial charge in [0.1, 0.15) is 5.75 Å². The molecule has 0 saturated heterocycles. The van der Waals surface area contributed by atoms with E-state index < -0.39 is 0 Å². The smallest absolute Gasteiger partial charge is 0.288 e. The second-order valence-corrected chi connectivity index (χ2v) is 8.10. The van der Waals surface area contributed by atoms with Crippen LogP contribution in [-0.4, -0.2) is 27.3 Å². The van der Waals surface area contributed by atoms with Crippen LogP contribution >= 0.6 is 22.7 Å². The number of ether oxygens (including phenoxy) is 1. The molecule has 3 heterocycles. The van der Waals surface area contributed by atoms with Gasteiger partial charge in [-0.2, -0.15) is 9.67 Å². The molecule has 148 valence electrons. The minimum atomic E-state index is -0.306. The van der Waals surface area contributed by atoms with Crippen LogP contribution in [0.2, 0.25) is 0 Å². The number of nitrogens with one attached hydrogen (secondary N) is 2. The quantitative estimate of drug-likeness (QED) is 0.415. The molecular formula is C20H19N5O2S2.